The fraction of sp³-hybridized carbons (Fsp3) is 0. The largest absolute Gasteiger partial charge is 0.264 e. The summed E-state index contributed by atoms with van der Waals surface area (Å²) in [6, 6.07) is 11.7. The first-order chi connectivity index (χ1) is 9.83. The minimum absolute atomic E-state index is 0.391. The highest BCUT2D eigenvalue weighted by Crippen LogP contribution is 2.25. The van der Waals surface area contributed by atoms with Gasteiger partial charge < -0.3 is 0 Å². The van der Waals surface area contributed by atoms with E-state index in [0.717, 1.165) is 16.5 Å². The molecule has 0 aliphatic rings. The molecule has 96 valence electrons. The molecule has 0 aliphatic carbocycles. The second-order valence-electron chi connectivity index (χ2n) is 4.34. The van der Waals surface area contributed by atoms with Gasteiger partial charge in [-0.15, -0.1) is 10.2 Å². The van der Waals surface area contributed by atoms with Crippen LogP contribution in [-0.4, -0.2) is 24.6 Å². The quantitative estimate of drug-likeness (QED) is 0.503. The number of rotatable bonds is 1. The van der Waals surface area contributed by atoms with Crippen molar-refractivity contribution >= 4 is 28.0 Å². The van der Waals surface area contributed by atoms with Gasteiger partial charge in [0.05, 0.1) is 0 Å². The van der Waals surface area contributed by atoms with Crippen LogP contribution in [0.5, 0.6) is 0 Å². The molecule has 0 aliphatic heterocycles. The van der Waals surface area contributed by atoms with Gasteiger partial charge in [-0.25, -0.2) is 4.98 Å². The van der Waals surface area contributed by atoms with Crippen LogP contribution in [0.25, 0.3) is 27.9 Å². The van der Waals surface area contributed by atoms with Crippen molar-refractivity contribution in [1.29, 1.82) is 0 Å². The van der Waals surface area contributed by atoms with Gasteiger partial charge in [0.2, 0.25) is 0 Å². The van der Waals surface area contributed by atoms with E-state index in [-0.39, 0.29) is 0 Å². The minimum Gasteiger partial charge on any atom is -0.264 e. The standard InChI is InChI=1S/C14H8ClN5/c15-11-7-12-18-19-14(20(12)8-17-11)13-10-4-2-1-3-9(10)5-6-16-13/h1-8H. The van der Waals surface area contributed by atoms with E-state index in [4.69, 9.17) is 11.6 Å². The summed E-state index contributed by atoms with van der Waals surface area (Å²) in [6.45, 7) is 0. The van der Waals surface area contributed by atoms with E-state index in [9.17, 15) is 0 Å². The highest BCUT2D eigenvalue weighted by atomic mass is 35.5. The average molecular weight is 282 g/mol. The lowest BCUT2D eigenvalue weighted by Crippen LogP contribution is -1.94. The molecule has 1 aromatic carbocycles. The number of hydrogen-bond donors (Lipinski definition) is 0. The second-order valence-corrected chi connectivity index (χ2v) is 4.73. The Bertz CT molecular complexity index is 926. The third-order valence-electron chi connectivity index (χ3n) is 3.15. The molecular weight excluding hydrogens is 274 g/mol. The van der Waals surface area contributed by atoms with E-state index >= 15 is 0 Å². The van der Waals surface area contributed by atoms with Crippen LogP contribution in [-0.2, 0) is 0 Å². The summed E-state index contributed by atoms with van der Waals surface area (Å²) in [6.07, 6.45) is 3.37. The summed E-state index contributed by atoms with van der Waals surface area (Å²) in [5.74, 6) is 0.654. The maximum atomic E-state index is 5.86. The van der Waals surface area contributed by atoms with Crippen molar-refractivity contribution < 1.29 is 0 Å². The Balaban J connectivity index is 2.06. The van der Waals surface area contributed by atoms with E-state index in [2.05, 4.69) is 20.2 Å². The fourth-order valence-electron chi connectivity index (χ4n) is 2.23. The van der Waals surface area contributed by atoms with Crippen LogP contribution < -0.4 is 0 Å². The van der Waals surface area contributed by atoms with Crippen LogP contribution in [0.1, 0.15) is 0 Å². The molecular formula is C14H8ClN5. The summed E-state index contributed by atoms with van der Waals surface area (Å²) < 4.78 is 1.78. The molecule has 0 saturated heterocycles. The molecule has 5 nitrogen and oxygen atoms in total. The molecule has 0 saturated carbocycles. The van der Waals surface area contributed by atoms with Gasteiger partial charge in [-0.1, -0.05) is 35.9 Å². The van der Waals surface area contributed by atoms with Crippen molar-refractivity contribution in [3.8, 4) is 11.5 Å². The molecule has 0 fully saturated rings. The number of pyridine rings is 1. The predicted molar refractivity (Wildman–Crippen MR) is 76.5 cm³/mol. The molecule has 4 aromatic rings. The highest BCUT2D eigenvalue weighted by Gasteiger charge is 2.12. The van der Waals surface area contributed by atoms with Crippen molar-refractivity contribution in [3.63, 3.8) is 0 Å². The summed E-state index contributed by atoms with van der Waals surface area (Å²) in [7, 11) is 0. The average Bonchev–Trinajstić information content (AvgIpc) is 2.89. The zero-order valence-corrected chi connectivity index (χ0v) is 11.0. The summed E-state index contributed by atoms with van der Waals surface area (Å²) in [5, 5.41) is 10.8. The number of halogens is 1. The van der Waals surface area contributed by atoms with Crippen LogP contribution in [0.2, 0.25) is 5.15 Å². The Labute approximate surface area is 118 Å². The first-order valence-corrected chi connectivity index (χ1v) is 6.41. The van der Waals surface area contributed by atoms with Crippen LogP contribution in [0.4, 0.5) is 0 Å². The third kappa shape index (κ3) is 1.64. The Morgan fingerprint density at radius 2 is 1.90 bits per heavy atom. The molecule has 0 bridgehead atoms. The second kappa shape index (κ2) is 4.25. The lowest BCUT2D eigenvalue weighted by atomic mass is 10.1. The van der Waals surface area contributed by atoms with Crippen molar-refractivity contribution in [2.24, 2.45) is 0 Å². The van der Waals surface area contributed by atoms with E-state index < -0.39 is 0 Å². The van der Waals surface area contributed by atoms with Crippen molar-refractivity contribution in [1.82, 2.24) is 24.6 Å². The van der Waals surface area contributed by atoms with Gasteiger partial charge in [0.15, 0.2) is 11.5 Å². The zero-order chi connectivity index (χ0) is 13.5. The lowest BCUT2D eigenvalue weighted by molar-refractivity contribution is 1.07. The first-order valence-electron chi connectivity index (χ1n) is 6.03. The highest BCUT2D eigenvalue weighted by molar-refractivity contribution is 6.29. The number of aromatic nitrogens is 5. The smallest absolute Gasteiger partial charge is 0.188 e. The molecule has 0 unspecified atom stereocenters. The molecule has 0 atom stereocenters. The van der Waals surface area contributed by atoms with Crippen molar-refractivity contribution in [3.05, 3.63) is 54.1 Å². The molecule has 20 heavy (non-hydrogen) atoms. The van der Waals surface area contributed by atoms with E-state index in [1.807, 2.05) is 30.3 Å². The summed E-state index contributed by atoms with van der Waals surface area (Å²) in [5.41, 5.74) is 1.43. The Morgan fingerprint density at radius 3 is 2.85 bits per heavy atom. The van der Waals surface area contributed by atoms with Gasteiger partial charge in [0, 0.05) is 17.6 Å². The number of benzene rings is 1. The van der Waals surface area contributed by atoms with Crippen molar-refractivity contribution in [2.75, 3.05) is 0 Å². The summed E-state index contributed by atoms with van der Waals surface area (Å²) in [4.78, 5) is 8.50. The molecule has 3 aromatic heterocycles. The van der Waals surface area contributed by atoms with Crippen LogP contribution in [0, 0.1) is 0 Å². The van der Waals surface area contributed by atoms with E-state index in [0.29, 0.717) is 16.6 Å². The van der Waals surface area contributed by atoms with Crippen molar-refractivity contribution in [2.45, 2.75) is 0 Å². The fourth-order valence-corrected chi connectivity index (χ4v) is 2.37. The molecule has 3 heterocycles. The van der Waals surface area contributed by atoms with Gasteiger partial charge >= 0.3 is 0 Å². The van der Waals surface area contributed by atoms with Crippen LogP contribution in [0.15, 0.2) is 48.9 Å². The monoisotopic (exact) mass is 281 g/mol. The molecule has 0 spiro atoms. The first kappa shape index (κ1) is 11.3. The van der Waals surface area contributed by atoms with Crippen LogP contribution >= 0.6 is 11.6 Å². The van der Waals surface area contributed by atoms with Gasteiger partial charge in [0.25, 0.3) is 0 Å². The predicted octanol–water partition coefficient (Wildman–Crippen LogP) is 2.99. The molecule has 0 radical (unpaired) electrons. The maximum Gasteiger partial charge on any atom is 0.188 e. The SMILES string of the molecule is Clc1cc2nnc(-c3nccc4ccccc34)n2cn1. The van der Waals surface area contributed by atoms with Crippen LogP contribution in [0.3, 0.4) is 0 Å². The molecule has 6 heteroatoms. The minimum atomic E-state index is 0.391. The van der Waals surface area contributed by atoms with Gasteiger partial charge in [-0.2, -0.15) is 0 Å². The summed E-state index contributed by atoms with van der Waals surface area (Å²) >= 11 is 5.86. The third-order valence-corrected chi connectivity index (χ3v) is 3.36. The molecule has 0 amide bonds. The van der Waals surface area contributed by atoms with Gasteiger partial charge in [0.1, 0.15) is 17.2 Å². The van der Waals surface area contributed by atoms with E-state index in [1.54, 1.807) is 23.0 Å². The van der Waals surface area contributed by atoms with Gasteiger partial charge in [-0.3, -0.25) is 9.38 Å². The number of hydrogen-bond acceptors (Lipinski definition) is 4. The Kier molecular flexibility index (Phi) is 2.40. The zero-order valence-electron chi connectivity index (χ0n) is 10.2. The molecule has 0 N–H and O–H groups in total. The molecule has 4 rings (SSSR count). The lowest BCUT2D eigenvalue weighted by Gasteiger charge is -2.03. The van der Waals surface area contributed by atoms with Gasteiger partial charge in [-0.05, 0) is 11.5 Å². The topological polar surface area (TPSA) is 56.0 Å². The Hall–Kier alpha value is -2.53. The maximum absolute atomic E-state index is 5.86. The normalized spacial score (nSPS) is 11.2. The van der Waals surface area contributed by atoms with E-state index in [1.165, 1.54) is 0 Å². The Morgan fingerprint density at radius 1 is 1.00 bits per heavy atom. The number of fused-ring (bicyclic) bond motifs is 2. The number of nitrogens with zero attached hydrogens (tertiary/aromatic N) is 5.